The van der Waals surface area contributed by atoms with Crippen LogP contribution in [-0.4, -0.2) is 74.4 Å². The summed E-state index contributed by atoms with van der Waals surface area (Å²) in [5, 5.41) is 0. The molecule has 3 heterocycles. The quantitative estimate of drug-likeness (QED) is 0.653. The molecule has 0 bridgehead atoms. The standard InChI is InChI=1S/C17H28N4O3/c1-13-3-4-16(24-13)15(20-5-8-22-9-6-20)11-19-17(18)21-7-10-23-14(2)12-21/h3-4,14-15H,5-12H2,1-2H3,(H2,18,19). The van der Waals surface area contributed by atoms with E-state index in [4.69, 9.17) is 19.6 Å². The zero-order valence-electron chi connectivity index (χ0n) is 14.6. The number of guanidine groups is 1. The molecule has 2 unspecified atom stereocenters. The third-order valence-electron chi connectivity index (χ3n) is 4.57. The zero-order valence-corrected chi connectivity index (χ0v) is 14.6. The lowest BCUT2D eigenvalue weighted by Crippen LogP contribution is -2.48. The lowest BCUT2D eigenvalue weighted by atomic mass is 10.1. The smallest absolute Gasteiger partial charge is 0.191 e. The van der Waals surface area contributed by atoms with Crippen molar-refractivity contribution in [3.63, 3.8) is 0 Å². The zero-order chi connectivity index (χ0) is 16.9. The minimum atomic E-state index is 0.0969. The normalized spacial score (nSPS) is 25.0. The molecule has 2 aliphatic rings. The van der Waals surface area contributed by atoms with Gasteiger partial charge in [-0.3, -0.25) is 9.89 Å². The second kappa shape index (κ2) is 8.00. The molecule has 2 saturated heterocycles. The van der Waals surface area contributed by atoms with Gasteiger partial charge in [-0.2, -0.15) is 0 Å². The highest BCUT2D eigenvalue weighted by molar-refractivity contribution is 5.78. The summed E-state index contributed by atoms with van der Waals surface area (Å²) in [6.07, 6.45) is 0.190. The van der Waals surface area contributed by atoms with E-state index in [0.717, 1.165) is 50.9 Å². The molecule has 2 fully saturated rings. The molecular weight excluding hydrogens is 308 g/mol. The molecule has 0 spiro atoms. The summed E-state index contributed by atoms with van der Waals surface area (Å²) in [6.45, 7) is 10.1. The van der Waals surface area contributed by atoms with Crippen molar-refractivity contribution in [2.75, 3.05) is 52.5 Å². The van der Waals surface area contributed by atoms with Gasteiger partial charge in [-0.15, -0.1) is 0 Å². The third-order valence-corrected chi connectivity index (χ3v) is 4.57. The molecule has 24 heavy (non-hydrogen) atoms. The monoisotopic (exact) mass is 336 g/mol. The fraction of sp³-hybridized carbons (Fsp3) is 0.706. The van der Waals surface area contributed by atoms with Crippen LogP contribution in [0.1, 0.15) is 24.5 Å². The maximum absolute atomic E-state index is 6.22. The first-order chi connectivity index (χ1) is 11.6. The Morgan fingerprint density at radius 3 is 2.75 bits per heavy atom. The lowest BCUT2D eigenvalue weighted by molar-refractivity contribution is 0.00467. The molecule has 1 aromatic rings. The molecule has 0 aromatic carbocycles. The van der Waals surface area contributed by atoms with E-state index >= 15 is 0 Å². The number of aryl methyl sites for hydroxylation is 1. The SMILES string of the molecule is Cc1ccc(C(CN=C(N)N2CCOC(C)C2)N2CCOCC2)o1. The maximum Gasteiger partial charge on any atom is 0.191 e. The minimum Gasteiger partial charge on any atom is -0.465 e. The summed E-state index contributed by atoms with van der Waals surface area (Å²) < 4.78 is 16.9. The van der Waals surface area contributed by atoms with Gasteiger partial charge < -0.3 is 24.5 Å². The lowest BCUT2D eigenvalue weighted by Gasteiger charge is -2.34. The number of rotatable bonds is 4. The van der Waals surface area contributed by atoms with Crippen LogP contribution in [0.5, 0.6) is 0 Å². The van der Waals surface area contributed by atoms with E-state index in [1.54, 1.807) is 0 Å². The number of morpholine rings is 2. The molecule has 0 radical (unpaired) electrons. The molecule has 2 aliphatic heterocycles. The van der Waals surface area contributed by atoms with Crippen LogP contribution in [0.4, 0.5) is 0 Å². The molecule has 3 rings (SSSR count). The van der Waals surface area contributed by atoms with E-state index in [2.05, 4.69) is 21.7 Å². The summed E-state index contributed by atoms with van der Waals surface area (Å²) in [6, 6.07) is 4.14. The van der Waals surface area contributed by atoms with E-state index in [1.165, 1.54) is 0 Å². The van der Waals surface area contributed by atoms with Crippen molar-refractivity contribution in [3.8, 4) is 0 Å². The highest BCUT2D eigenvalue weighted by Gasteiger charge is 2.26. The molecule has 7 heteroatoms. The van der Waals surface area contributed by atoms with Gasteiger partial charge in [-0.25, -0.2) is 0 Å². The first-order valence-electron chi connectivity index (χ1n) is 8.68. The van der Waals surface area contributed by atoms with Crippen LogP contribution in [-0.2, 0) is 9.47 Å². The van der Waals surface area contributed by atoms with Crippen molar-refractivity contribution in [1.29, 1.82) is 0 Å². The van der Waals surface area contributed by atoms with Crippen molar-refractivity contribution in [2.45, 2.75) is 26.0 Å². The Hall–Kier alpha value is -1.57. The van der Waals surface area contributed by atoms with E-state index in [1.807, 2.05) is 19.1 Å². The highest BCUT2D eigenvalue weighted by atomic mass is 16.5. The first-order valence-corrected chi connectivity index (χ1v) is 8.68. The Morgan fingerprint density at radius 2 is 2.08 bits per heavy atom. The fourth-order valence-corrected chi connectivity index (χ4v) is 3.21. The van der Waals surface area contributed by atoms with Gasteiger partial charge in [0.2, 0.25) is 0 Å². The maximum atomic E-state index is 6.22. The number of nitrogens with two attached hydrogens (primary N) is 1. The van der Waals surface area contributed by atoms with Gasteiger partial charge >= 0.3 is 0 Å². The van der Waals surface area contributed by atoms with E-state index < -0.39 is 0 Å². The van der Waals surface area contributed by atoms with Gasteiger partial charge in [0.25, 0.3) is 0 Å². The van der Waals surface area contributed by atoms with Gasteiger partial charge in [0.15, 0.2) is 5.96 Å². The van der Waals surface area contributed by atoms with Crippen molar-refractivity contribution < 1.29 is 13.9 Å². The van der Waals surface area contributed by atoms with Crippen molar-refractivity contribution in [2.24, 2.45) is 10.7 Å². The molecule has 7 nitrogen and oxygen atoms in total. The summed E-state index contributed by atoms with van der Waals surface area (Å²) in [7, 11) is 0. The van der Waals surface area contributed by atoms with Crippen LogP contribution >= 0.6 is 0 Å². The summed E-state index contributed by atoms with van der Waals surface area (Å²) >= 11 is 0. The molecule has 1 aromatic heterocycles. The van der Waals surface area contributed by atoms with Crippen molar-refractivity contribution in [1.82, 2.24) is 9.80 Å². The van der Waals surface area contributed by atoms with Crippen molar-refractivity contribution in [3.05, 3.63) is 23.7 Å². The average molecular weight is 336 g/mol. The predicted molar refractivity (Wildman–Crippen MR) is 92.1 cm³/mol. The number of furan rings is 1. The summed E-state index contributed by atoms with van der Waals surface area (Å²) in [5.74, 6) is 2.45. The van der Waals surface area contributed by atoms with E-state index in [9.17, 15) is 0 Å². The Kier molecular flexibility index (Phi) is 5.76. The predicted octanol–water partition coefficient (Wildman–Crippen LogP) is 0.997. The average Bonchev–Trinajstić information content (AvgIpc) is 3.02. The number of hydrogen-bond donors (Lipinski definition) is 1. The van der Waals surface area contributed by atoms with Gasteiger partial charge in [-0.1, -0.05) is 0 Å². The molecule has 0 saturated carbocycles. The Balaban J connectivity index is 1.69. The minimum absolute atomic E-state index is 0.0969. The number of ether oxygens (including phenoxy) is 2. The van der Waals surface area contributed by atoms with E-state index in [-0.39, 0.29) is 12.1 Å². The molecule has 134 valence electrons. The van der Waals surface area contributed by atoms with Gasteiger partial charge in [-0.05, 0) is 26.0 Å². The fourth-order valence-electron chi connectivity index (χ4n) is 3.21. The number of hydrogen-bond acceptors (Lipinski definition) is 5. The van der Waals surface area contributed by atoms with Crippen LogP contribution in [0.2, 0.25) is 0 Å². The topological polar surface area (TPSA) is 76.5 Å². The van der Waals surface area contributed by atoms with Crippen LogP contribution in [0, 0.1) is 6.92 Å². The summed E-state index contributed by atoms with van der Waals surface area (Å²) in [4.78, 5) is 9.12. The Morgan fingerprint density at radius 1 is 1.29 bits per heavy atom. The van der Waals surface area contributed by atoms with Crippen molar-refractivity contribution >= 4 is 5.96 Å². The van der Waals surface area contributed by atoms with Crippen LogP contribution in [0.3, 0.4) is 0 Å². The molecule has 2 atom stereocenters. The number of nitrogens with zero attached hydrogens (tertiary/aromatic N) is 3. The third kappa shape index (κ3) is 4.28. The first kappa shape index (κ1) is 17.3. The van der Waals surface area contributed by atoms with Crippen LogP contribution in [0.25, 0.3) is 0 Å². The summed E-state index contributed by atoms with van der Waals surface area (Å²) in [5.41, 5.74) is 6.22. The molecule has 0 amide bonds. The number of aliphatic imine (C=N–C) groups is 1. The van der Waals surface area contributed by atoms with Crippen LogP contribution < -0.4 is 5.73 Å². The highest BCUT2D eigenvalue weighted by Crippen LogP contribution is 2.24. The van der Waals surface area contributed by atoms with Gasteiger partial charge in [0, 0.05) is 26.2 Å². The van der Waals surface area contributed by atoms with Crippen LogP contribution in [0.15, 0.2) is 21.5 Å². The van der Waals surface area contributed by atoms with Gasteiger partial charge in [0.1, 0.15) is 11.5 Å². The molecule has 2 N–H and O–H groups in total. The second-order valence-corrected chi connectivity index (χ2v) is 6.44. The Labute approximate surface area is 143 Å². The van der Waals surface area contributed by atoms with E-state index in [0.29, 0.717) is 19.1 Å². The largest absolute Gasteiger partial charge is 0.465 e. The van der Waals surface area contributed by atoms with Gasteiger partial charge in [0.05, 0.1) is 38.5 Å². The molecule has 0 aliphatic carbocycles. The molecular formula is C17H28N4O3. The Bertz CT molecular complexity index is 554. The second-order valence-electron chi connectivity index (χ2n) is 6.44.